The van der Waals surface area contributed by atoms with Crippen molar-refractivity contribution in [3.63, 3.8) is 0 Å². The molecular weight excluding hydrogens is 216 g/mol. The van der Waals surface area contributed by atoms with Crippen LogP contribution in [-0.2, 0) is 4.79 Å². The molecule has 0 aliphatic heterocycles. The highest BCUT2D eigenvalue weighted by molar-refractivity contribution is 5.92. The Kier molecular flexibility index (Phi) is 3.76. The van der Waals surface area contributed by atoms with Crippen LogP contribution < -0.4 is 5.32 Å². The van der Waals surface area contributed by atoms with Gasteiger partial charge in [-0.15, -0.1) is 0 Å². The first-order valence-corrected chi connectivity index (χ1v) is 6.05. The zero-order chi connectivity index (χ0) is 12.1. The van der Waals surface area contributed by atoms with Gasteiger partial charge in [0.25, 0.3) is 0 Å². The predicted octanol–water partition coefficient (Wildman–Crippen LogP) is 2.19. The fourth-order valence-corrected chi connectivity index (χ4v) is 2.23. The second-order valence-corrected chi connectivity index (χ2v) is 4.45. The van der Waals surface area contributed by atoms with Gasteiger partial charge in [-0.2, -0.15) is 10.4 Å². The molecule has 0 aromatic carbocycles. The van der Waals surface area contributed by atoms with E-state index in [0.717, 1.165) is 25.7 Å². The normalized spacial score (nSPS) is 17.1. The molecule has 1 heterocycles. The Balaban J connectivity index is 1.98. The molecule has 0 saturated heterocycles. The van der Waals surface area contributed by atoms with E-state index in [1.807, 2.05) is 6.07 Å². The van der Waals surface area contributed by atoms with Gasteiger partial charge in [0, 0.05) is 5.92 Å². The van der Waals surface area contributed by atoms with Crippen molar-refractivity contribution in [3.05, 3.63) is 11.8 Å². The standard InChI is InChI=1S/C12H16N4O/c13-7-10-8-14-16-11(10)15-12(17)9-5-3-1-2-4-6-9/h8-9H,1-6H2,(H2,14,15,16,17). The van der Waals surface area contributed by atoms with Crippen LogP contribution in [-0.4, -0.2) is 16.1 Å². The minimum Gasteiger partial charge on any atom is -0.310 e. The second kappa shape index (κ2) is 5.48. The first kappa shape index (κ1) is 11.6. The number of nitrogens with one attached hydrogen (secondary N) is 2. The molecule has 2 N–H and O–H groups in total. The van der Waals surface area contributed by atoms with E-state index in [9.17, 15) is 4.79 Å². The molecule has 0 radical (unpaired) electrons. The van der Waals surface area contributed by atoms with Gasteiger partial charge in [0.15, 0.2) is 0 Å². The molecule has 1 aliphatic rings. The number of H-pyrrole nitrogens is 1. The number of amides is 1. The Bertz CT molecular complexity index is 424. The van der Waals surface area contributed by atoms with Gasteiger partial charge in [0.05, 0.1) is 6.20 Å². The topological polar surface area (TPSA) is 81.6 Å². The summed E-state index contributed by atoms with van der Waals surface area (Å²) in [6.45, 7) is 0. The molecule has 5 nitrogen and oxygen atoms in total. The van der Waals surface area contributed by atoms with Gasteiger partial charge in [-0.1, -0.05) is 25.7 Å². The molecule has 1 aromatic heterocycles. The van der Waals surface area contributed by atoms with E-state index in [-0.39, 0.29) is 11.8 Å². The van der Waals surface area contributed by atoms with E-state index in [2.05, 4.69) is 15.5 Å². The molecular formula is C12H16N4O. The monoisotopic (exact) mass is 232 g/mol. The molecule has 1 saturated carbocycles. The van der Waals surface area contributed by atoms with Crippen molar-refractivity contribution in [1.82, 2.24) is 10.2 Å². The summed E-state index contributed by atoms with van der Waals surface area (Å²) < 4.78 is 0. The SMILES string of the molecule is N#Cc1cn[nH]c1NC(=O)C1CCCCCC1. The number of carbonyl (C=O) groups excluding carboxylic acids is 1. The quantitative estimate of drug-likeness (QED) is 0.767. The highest BCUT2D eigenvalue weighted by Crippen LogP contribution is 2.24. The fraction of sp³-hybridized carbons (Fsp3) is 0.583. The van der Waals surface area contributed by atoms with E-state index >= 15 is 0 Å². The van der Waals surface area contributed by atoms with Crippen molar-refractivity contribution >= 4 is 11.7 Å². The van der Waals surface area contributed by atoms with E-state index in [4.69, 9.17) is 5.26 Å². The molecule has 0 spiro atoms. The number of hydrogen-bond acceptors (Lipinski definition) is 3. The lowest BCUT2D eigenvalue weighted by Gasteiger charge is -2.12. The summed E-state index contributed by atoms with van der Waals surface area (Å²) in [5.74, 6) is 0.502. The highest BCUT2D eigenvalue weighted by atomic mass is 16.1. The smallest absolute Gasteiger partial charge is 0.228 e. The van der Waals surface area contributed by atoms with Gasteiger partial charge in [0.1, 0.15) is 17.5 Å². The summed E-state index contributed by atoms with van der Waals surface area (Å²) in [4.78, 5) is 12.0. The van der Waals surface area contributed by atoms with E-state index in [0.29, 0.717) is 11.4 Å². The molecule has 1 amide bonds. The van der Waals surface area contributed by atoms with Crippen LogP contribution in [0.1, 0.15) is 44.1 Å². The second-order valence-electron chi connectivity index (χ2n) is 4.45. The Labute approximate surface area is 100 Å². The lowest BCUT2D eigenvalue weighted by Crippen LogP contribution is -2.22. The third-order valence-electron chi connectivity index (χ3n) is 3.23. The average Bonchev–Trinajstić information content (AvgIpc) is 2.62. The molecule has 5 heteroatoms. The number of rotatable bonds is 2. The van der Waals surface area contributed by atoms with E-state index in [1.165, 1.54) is 19.0 Å². The first-order valence-electron chi connectivity index (χ1n) is 6.05. The number of hydrogen-bond donors (Lipinski definition) is 2. The van der Waals surface area contributed by atoms with Gasteiger partial charge >= 0.3 is 0 Å². The molecule has 0 unspecified atom stereocenters. The molecule has 1 aromatic rings. The minimum absolute atomic E-state index is 0.00708. The van der Waals surface area contributed by atoms with Crippen molar-refractivity contribution in [2.75, 3.05) is 5.32 Å². The summed E-state index contributed by atoms with van der Waals surface area (Å²) in [5.41, 5.74) is 0.381. The zero-order valence-corrected chi connectivity index (χ0v) is 9.70. The predicted molar refractivity (Wildman–Crippen MR) is 63.1 cm³/mol. The molecule has 1 fully saturated rings. The average molecular weight is 232 g/mol. The van der Waals surface area contributed by atoms with Crippen LogP contribution in [0.15, 0.2) is 6.20 Å². The maximum atomic E-state index is 12.0. The summed E-state index contributed by atoms with van der Waals surface area (Å²) in [5, 5.41) is 18.0. The maximum Gasteiger partial charge on any atom is 0.228 e. The van der Waals surface area contributed by atoms with Crippen LogP contribution >= 0.6 is 0 Å². The van der Waals surface area contributed by atoms with Crippen molar-refractivity contribution in [2.24, 2.45) is 5.92 Å². The van der Waals surface area contributed by atoms with Crippen molar-refractivity contribution < 1.29 is 4.79 Å². The van der Waals surface area contributed by atoms with Crippen LogP contribution in [0, 0.1) is 17.2 Å². The fourth-order valence-electron chi connectivity index (χ4n) is 2.23. The Morgan fingerprint density at radius 3 is 2.76 bits per heavy atom. The summed E-state index contributed by atoms with van der Waals surface area (Å²) in [6, 6.07) is 1.99. The van der Waals surface area contributed by atoms with Crippen molar-refractivity contribution in [1.29, 1.82) is 5.26 Å². The molecule has 0 bridgehead atoms. The molecule has 0 atom stereocenters. The third kappa shape index (κ3) is 2.84. The maximum absolute atomic E-state index is 12.0. The molecule has 90 valence electrons. The van der Waals surface area contributed by atoms with Crippen LogP contribution in [0.2, 0.25) is 0 Å². The van der Waals surface area contributed by atoms with Crippen LogP contribution in [0.5, 0.6) is 0 Å². The van der Waals surface area contributed by atoms with Gasteiger partial charge in [-0.05, 0) is 12.8 Å². The van der Waals surface area contributed by atoms with E-state index in [1.54, 1.807) is 0 Å². The Morgan fingerprint density at radius 1 is 1.41 bits per heavy atom. The van der Waals surface area contributed by atoms with Crippen molar-refractivity contribution in [2.45, 2.75) is 38.5 Å². The van der Waals surface area contributed by atoms with Gasteiger partial charge in [-0.25, -0.2) is 0 Å². The minimum atomic E-state index is 0.00708. The summed E-state index contributed by atoms with van der Waals surface area (Å²) in [7, 11) is 0. The number of aromatic amines is 1. The molecule has 2 rings (SSSR count). The molecule has 17 heavy (non-hydrogen) atoms. The number of nitrogens with zero attached hydrogens (tertiary/aromatic N) is 2. The largest absolute Gasteiger partial charge is 0.310 e. The Hall–Kier alpha value is -1.83. The van der Waals surface area contributed by atoms with Crippen molar-refractivity contribution in [3.8, 4) is 6.07 Å². The molecule has 1 aliphatic carbocycles. The van der Waals surface area contributed by atoms with Crippen LogP contribution in [0.4, 0.5) is 5.82 Å². The highest BCUT2D eigenvalue weighted by Gasteiger charge is 2.21. The number of anilines is 1. The van der Waals surface area contributed by atoms with Crippen LogP contribution in [0.25, 0.3) is 0 Å². The number of nitriles is 1. The van der Waals surface area contributed by atoms with Crippen LogP contribution in [0.3, 0.4) is 0 Å². The summed E-state index contributed by atoms with van der Waals surface area (Å²) in [6.07, 6.45) is 7.99. The van der Waals surface area contributed by atoms with Gasteiger partial charge in [0.2, 0.25) is 5.91 Å². The lowest BCUT2D eigenvalue weighted by molar-refractivity contribution is -0.120. The van der Waals surface area contributed by atoms with Gasteiger partial charge < -0.3 is 5.32 Å². The van der Waals surface area contributed by atoms with E-state index < -0.39 is 0 Å². The number of carbonyl (C=O) groups is 1. The number of aromatic nitrogens is 2. The Morgan fingerprint density at radius 2 is 2.12 bits per heavy atom. The zero-order valence-electron chi connectivity index (χ0n) is 9.70. The third-order valence-corrected chi connectivity index (χ3v) is 3.23. The first-order chi connectivity index (χ1) is 8.31. The summed E-state index contributed by atoms with van der Waals surface area (Å²) >= 11 is 0. The van der Waals surface area contributed by atoms with Gasteiger partial charge in [-0.3, -0.25) is 9.89 Å². The lowest BCUT2D eigenvalue weighted by atomic mass is 9.99.